The van der Waals surface area contributed by atoms with Crippen molar-refractivity contribution in [2.75, 3.05) is 37.8 Å². The number of amides is 3. The molecule has 0 radical (unpaired) electrons. The van der Waals surface area contributed by atoms with Gasteiger partial charge in [-0.15, -0.1) is 0 Å². The third kappa shape index (κ3) is 6.32. The Hall–Kier alpha value is -2.68. The van der Waals surface area contributed by atoms with Crippen LogP contribution in [-0.4, -0.2) is 61.3 Å². The van der Waals surface area contributed by atoms with Crippen LogP contribution in [0.5, 0.6) is 0 Å². The predicted octanol–water partition coefficient (Wildman–Crippen LogP) is 0.699. The molecule has 3 amide bonds. The zero-order chi connectivity index (χ0) is 19.2. The van der Waals surface area contributed by atoms with E-state index in [2.05, 4.69) is 20.5 Å². The summed E-state index contributed by atoms with van der Waals surface area (Å²) in [5.74, 6) is -0.642. The Labute approximate surface area is 152 Å². The summed E-state index contributed by atoms with van der Waals surface area (Å²) in [5, 5.41) is 4.67. The number of hydrogen-bond donors (Lipinski definition) is 2. The SMILES string of the molecule is CC(C)(C)NC(=O)NC(=O)COC(=O)c1ccc(N2CCOCC2)nc1. The van der Waals surface area contributed by atoms with E-state index < -0.39 is 30.1 Å². The topological polar surface area (TPSA) is 110 Å². The van der Waals surface area contributed by atoms with E-state index in [0.717, 1.165) is 18.9 Å². The summed E-state index contributed by atoms with van der Waals surface area (Å²) in [4.78, 5) is 41.5. The van der Waals surface area contributed by atoms with Crippen molar-refractivity contribution in [1.29, 1.82) is 0 Å². The summed E-state index contributed by atoms with van der Waals surface area (Å²) in [7, 11) is 0. The van der Waals surface area contributed by atoms with E-state index in [4.69, 9.17) is 9.47 Å². The van der Waals surface area contributed by atoms with Gasteiger partial charge in [-0.1, -0.05) is 0 Å². The number of anilines is 1. The molecule has 2 N–H and O–H groups in total. The lowest BCUT2D eigenvalue weighted by atomic mass is 10.1. The number of imide groups is 1. The first-order chi connectivity index (χ1) is 12.2. The molecule has 0 bridgehead atoms. The zero-order valence-corrected chi connectivity index (χ0v) is 15.2. The van der Waals surface area contributed by atoms with Crippen molar-refractivity contribution < 1.29 is 23.9 Å². The highest BCUT2D eigenvalue weighted by Gasteiger charge is 2.18. The summed E-state index contributed by atoms with van der Waals surface area (Å²) < 4.78 is 10.2. The van der Waals surface area contributed by atoms with Crippen molar-refractivity contribution in [3.8, 4) is 0 Å². The molecule has 142 valence electrons. The lowest BCUT2D eigenvalue weighted by Crippen LogP contribution is -2.49. The third-order valence-corrected chi connectivity index (χ3v) is 3.39. The Morgan fingerprint density at radius 3 is 2.50 bits per heavy atom. The van der Waals surface area contributed by atoms with E-state index in [1.54, 1.807) is 32.9 Å². The number of nitrogens with one attached hydrogen (secondary N) is 2. The van der Waals surface area contributed by atoms with Gasteiger partial charge in [0.15, 0.2) is 6.61 Å². The number of morpholine rings is 1. The largest absolute Gasteiger partial charge is 0.452 e. The highest BCUT2D eigenvalue weighted by molar-refractivity contribution is 5.97. The minimum atomic E-state index is -0.710. The molecule has 9 nitrogen and oxygen atoms in total. The first-order valence-corrected chi connectivity index (χ1v) is 8.32. The Kier molecular flexibility index (Phi) is 6.51. The molecule has 0 saturated carbocycles. The quantitative estimate of drug-likeness (QED) is 0.757. The van der Waals surface area contributed by atoms with Gasteiger partial charge >= 0.3 is 12.0 Å². The molecule has 0 spiro atoms. The number of ether oxygens (including phenoxy) is 2. The van der Waals surface area contributed by atoms with Crippen LogP contribution >= 0.6 is 0 Å². The van der Waals surface area contributed by atoms with Gasteiger partial charge in [-0.2, -0.15) is 0 Å². The first kappa shape index (κ1) is 19.6. The molecule has 0 aromatic carbocycles. The van der Waals surface area contributed by atoms with Gasteiger partial charge in [0.2, 0.25) is 0 Å². The second-order valence-electron chi connectivity index (χ2n) is 6.83. The molecule has 2 rings (SSSR count). The molecule has 1 aromatic heterocycles. The fraction of sp³-hybridized carbons (Fsp3) is 0.529. The normalized spacial score (nSPS) is 14.5. The van der Waals surface area contributed by atoms with Crippen LogP contribution in [-0.2, 0) is 14.3 Å². The van der Waals surface area contributed by atoms with Crippen molar-refractivity contribution >= 4 is 23.7 Å². The predicted molar refractivity (Wildman–Crippen MR) is 94.0 cm³/mol. The number of rotatable bonds is 4. The lowest BCUT2D eigenvalue weighted by Gasteiger charge is -2.27. The van der Waals surface area contributed by atoms with Gasteiger partial charge in [-0.3, -0.25) is 10.1 Å². The number of esters is 1. The maximum Gasteiger partial charge on any atom is 0.340 e. The zero-order valence-electron chi connectivity index (χ0n) is 15.2. The van der Waals surface area contributed by atoms with Crippen LogP contribution in [0.2, 0.25) is 0 Å². The molecular formula is C17H24N4O5. The molecule has 0 aliphatic carbocycles. The average Bonchev–Trinajstić information content (AvgIpc) is 2.59. The molecule has 0 atom stereocenters. The molecule has 2 heterocycles. The summed E-state index contributed by atoms with van der Waals surface area (Å²) >= 11 is 0. The summed E-state index contributed by atoms with van der Waals surface area (Å²) in [6, 6.07) is 2.67. The second kappa shape index (κ2) is 8.61. The maximum absolute atomic E-state index is 12.0. The number of hydrogen-bond acceptors (Lipinski definition) is 7. The Bertz CT molecular complexity index is 648. The van der Waals surface area contributed by atoms with E-state index in [1.165, 1.54) is 6.20 Å². The van der Waals surface area contributed by atoms with Crippen LogP contribution in [0, 0.1) is 0 Å². The summed E-state index contributed by atoms with van der Waals surface area (Å²) in [6.45, 7) is 7.57. The summed E-state index contributed by atoms with van der Waals surface area (Å²) in [6.07, 6.45) is 1.40. The van der Waals surface area contributed by atoms with Crippen LogP contribution < -0.4 is 15.5 Å². The van der Waals surface area contributed by atoms with Crippen molar-refractivity contribution in [2.45, 2.75) is 26.3 Å². The Morgan fingerprint density at radius 1 is 1.23 bits per heavy atom. The second-order valence-corrected chi connectivity index (χ2v) is 6.83. The third-order valence-electron chi connectivity index (χ3n) is 3.39. The Balaban J connectivity index is 1.80. The molecule has 26 heavy (non-hydrogen) atoms. The number of carbonyl (C=O) groups is 3. The Morgan fingerprint density at radius 2 is 1.92 bits per heavy atom. The van der Waals surface area contributed by atoms with Gasteiger partial charge in [-0.05, 0) is 32.9 Å². The van der Waals surface area contributed by atoms with Gasteiger partial charge in [0.1, 0.15) is 5.82 Å². The molecule has 1 aliphatic heterocycles. The van der Waals surface area contributed by atoms with E-state index in [0.29, 0.717) is 13.2 Å². The molecule has 1 aromatic rings. The van der Waals surface area contributed by atoms with Crippen LogP contribution in [0.25, 0.3) is 0 Å². The highest BCUT2D eigenvalue weighted by Crippen LogP contribution is 2.13. The molecule has 1 saturated heterocycles. The maximum atomic E-state index is 12.0. The van der Waals surface area contributed by atoms with E-state index in [9.17, 15) is 14.4 Å². The fourth-order valence-electron chi connectivity index (χ4n) is 2.24. The minimum Gasteiger partial charge on any atom is -0.452 e. The van der Waals surface area contributed by atoms with E-state index in [1.807, 2.05) is 0 Å². The van der Waals surface area contributed by atoms with Crippen molar-refractivity contribution in [1.82, 2.24) is 15.6 Å². The van der Waals surface area contributed by atoms with Crippen LogP contribution in [0.15, 0.2) is 18.3 Å². The van der Waals surface area contributed by atoms with Gasteiger partial charge in [0.05, 0.1) is 18.8 Å². The van der Waals surface area contributed by atoms with Crippen molar-refractivity contribution in [3.63, 3.8) is 0 Å². The van der Waals surface area contributed by atoms with Crippen LogP contribution in [0.1, 0.15) is 31.1 Å². The summed E-state index contributed by atoms with van der Waals surface area (Å²) in [5.41, 5.74) is -0.247. The van der Waals surface area contributed by atoms with Gasteiger partial charge in [0, 0.05) is 24.8 Å². The molecule has 1 aliphatic rings. The molecule has 0 unspecified atom stereocenters. The number of carbonyl (C=O) groups excluding carboxylic acids is 3. The number of pyridine rings is 1. The standard InChI is InChI=1S/C17H24N4O5/c1-17(2,3)20-16(24)19-14(22)11-26-15(23)12-4-5-13(18-10-12)21-6-8-25-9-7-21/h4-5,10H,6-9,11H2,1-3H3,(H2,19,20,22,24). The van der Waals surface area contributed by atoms with Crippen LogP contribution in [0.4, 0.5) is 10.6 Å². The highest BCUT2D eigenvalue weighted by atomic mass is 16.5. The van der Waals surface area contributed by atoms with Crippen molar-refractivity contribution in [3.05, 3.63) is 23.9 Å². The van der Waals surface area contributed by atoms with E-state index in [-0.39, 0.29) is 5.56 Å². The van der Waals surface area contributed by atoms with Gasteiger partial charge in [-0.25, -0.2) is 14.6 Å². The lowest BCUT2D eigenvalue weighted by molar-refractivity contribution is -0.123. The van der Waals surface area contributed by atoms with Gasteiger partial charge in [0.25, 0.3) is 5.91 Å². The monoisotopic (exact) mass is 364 g/mol. The number of nitrogens with zero attached hydrogens (tertiary/aromatic N) is 2. The number of aromatic nitrogens is 1. The average molecular weight is 364 g/mol. The molecule has 1 fully saturated rings. The van der Waals surface area contributed by atoms with E-state index >= 15 is 0 Å². The van der Waals surface area contributed by atoms with Crippen LogP contribution in [0.3, 0.4) is 0 Å². The number of urea groups is 1. The van der Waals surface area contributed by atoms with Crippen molar-refractivity contribution in [2.24, 2.45) is 0 Å². The fourth-order valence-corrected chi connectivity index (χ4v) is 2.24. The smallest absolute Gasteiger partial charge is 0.340 e. The first-order valence-electron chi connectivity index (χ1n) is 8.32. The molecule has 9 heteroatoms. The molecular weight excluding hydrogens is 340 g/mol. The van der Waals surface area contributed by atoms with Gasteiger partial charge < -0.3 is 19.7 Å². The minimum absolute atomic E-state index is 0.231.